The minimum absolute atomic E-state index is 0.00827. The molecule has 1 saturated carbocycles. The lowest BCUT2D eigenvalue weighted by atomic mass is 9.93. The second-order valence-electron chi connectivity index (χ2n) is 10.5. The van der Waals surface area contributed by atoms with Gasteiger partial charge < -0.3 is 26.4 Å². The summed E-state index contributed by atoms with van der Waals surface area (Å²) in [5.41, 5.74) is 1.67. The number of thiol groups is 1. The van der Waals surface area contributed by atoms with Crippen LogP contribution in [0.2, 0.25) is 0 Å². The Morgan fingerprint density at radius 2 is 1.68 bits per heavy atom. The van der Waals surface area contributed by atoms with Crippen LogP contribution in [0.3, 0.4) is 0 Å². The first-order chi connectivity index (χ1) is 19.2. The summed E-state index contributed by atoms with van der Waals surface area (Å²) < 4.78 is 0. The van der Waals surface area contributed by atoms with Gasteiger partial charge in [-0.25, -0.2) is 0 Å². The van der Waals surface area contributed by atoms with Crippen molar-refractivity contribution in [1.29, 1.82) is 0 Å². The van der Waals surface area contributed by atoms with Gasteiger partial charge in [-0.15, -0.1) is 12.6 Å². The number of carbonyl (C=O) groups is 4. The average molecular weight is 565 g/mol. The molecule has 4 rings (SSSR count). The SMILES string of the molecule is O=C(/C=C/c1ccccc1)N[C@@H](CC1CC1)C(=O)N[C@@H](C[C@@H]1CCNC1=O)[C@](O)(S)C(=O)NCc1ccccc1. The largest absolute Gasteiger partial charge is 0.369 e. The van der Waals surface area contributed by atoms with Gasteiger partial charge in [0.2, 0.25) is 22.7 Å². The molecule has 1 aliphatic carbocycles. The second-order valence-corrected chi connectivity index (χ2v) is 11.1. The number of benzene rings is 2. The van der Waals surface area contributed by atoms with Gasteiger partial charge in [0.15, 0.2) is 0 Å². The summed E-state index contributed by atoms with van der Waals surface area (Å²) in [4.78, 5) is 49.3. The van der Waals surface area contributed by atoms with Crippen molar-refractivity contribution in [2.24, 2.45) is 11.8 Å². The molecule has 0 aromatic heterocycles. The Morgan fingerprint density at radius 3 is 2.30 bits per heavy atom. The number of carbonyl (C=O) groups excluding carboxylic acids is 4. The fourth-order valence-corrected chi connectivity index (χ4v) is 4.94. The van der Waals surface area contributed by atoms with E-state index in [4.69, 9.17) is 0 Å². The Bertz CT molecular complexity index is 1220. The van der Waals surface area contributed by atoms with E-state index in [1.165, 1.54) is 6.08 Å². The molecule has 40 heavy (non-hydrogen) atoms. The standard InChI is InChI=1S/C30H36N4O5S/c35-26(14-13-20-7-3-1-4-8-20)33-24(17-21-11-12-21)28(37)34-25(18-23-15-16-31-27(23)36)30(39,40)29(38)32-19-22-9-5-2-6-10-22/h1-10,13-14,21,23-25,39-40H,11-12,15-19H2,(H,31,36)(H,32,38)(H,33,35)(H,34,37)/b14-13+/t23-,24-,25-,30-/m0/s1. The highest BCUT2D eigenvalue weighted by molar-refractivity contribution is 7.82. The highest BCUT2D eigenvalue weighted by Gasteiger charge is 2.45. The molecule has 0 spiro atoms. The van der Waals surface area contributed by atoms with Crippen LogP contribution in [0.5, 0.6) is 0 Å². The Morgan fingerprint density at radius 1 is 1.00 bits per heavy atom. The smallest absolute Gasteiger partial charge is 0.264 e. The van der Waals surface area contributed by atoms with Crippen molar-refractivity contribution in [3.63, 3.8) is 0 Å². The number of aliphatic hydroxyl groups is 1. The van der Waals surface area contributed by atoms with Crippen molar-refractivity contribution in [3.8, 4) is 0 Å². The van der Waals surface area contributed by atoms with Gasteiger partial charge in [-0.1, -0.05) is 73.5 Å². The van der Waals surface area contributed by atoms with E-state index in [2.05, 4.69) is 33.9 Å². The fraction of sp³-hybridized carbons (Fsp3) is 0.400. The molecule has 1 saturated heterocycles. The van der Waals surface area contributed by atoms with Crippen LogP contribution in [0.25, 0.3) is 6.08 Å². The molecule has 5 N–H and O–H groups in total. The molecule has 4 atom stereocenters. The number of amides is 4. The quantitative estimate of drug-likeness (QED) is 0.126. The van der Waals surface area contributed by atoms with E-state index in [0.29, 0.717) is 25.3 Å². The zero-order valence-electron chi connectivity index (χ0n) is 22.2. The predicted molar refractivity (Wildman–Crippen MR) is 155 cm³/mol. The van der Waals surface area contributed by atoms with Gasteiger partial charge in [0, 0.05) is 25.1 Å². The molecule has 2 aromatic carbocycles. The van der Waals surface area contributed by atoms with E-state index in [-0.39, 0.29) is 18.9 Å². The summed E-state index contributed by atoms with van der Waals surface area (Å²) in [5.74, 6) is -2.18. The molecule has 2 fully saturated rings. The van der Waals surface area contributed by atoms with Crippen molar-refractivity contribution in [2.45, 2.75) is 55.7 Å². The molecule has 10 heteroatoms. The summed E-state index contributed by atoms with van der Waals surface area (Å²) in [6.07, 6.45) is 5.90. The van der Waals surface area contributed by atoms with Crippen LogP contribution in [-0.4, -0.2) is 52.3 Å². The number of hydrogen-bond acceptors (Lipinski definition) is 6. The third kappa shape index (κ3) is 8.43. The minimum Gasteiger partial charge on any atom is -0.369 e. The van der Waals surface area contributed by atoms with Gasteiger partial charge >= 0.3 is 0 Å². The van der Waals surface area contributed by atoms with E-state index >= 15 is 0 Å². The van der Waals surface area contributed by atoms with Crippen molar-refractivity contribution in [2.75, 3.05) is 6.54 Å². The van der Waals surface area contributed by atoms with Crippen LogP contribution in [0.1, 0.15) is 43.2 Å². The molecule has 0 radical (unpaired) electrons. The lowest BCUT2D eigenvalue weighted by Crippen LogP contribution is -2.61. The second kappa shape index (κ2) is 13.6. The normalized spacial score (nSPS) is 19.8. The van der Waals surface area contributed by atoms with Gasteiger partial charge in [-0.2, -0.15) is 0 Å². The van der Waals surface area contributed by atoms with Gasteiger partial charge in [-0.05, 0) is 42.4 Å². The van der Waals surface area contributed by atoms with Crippen LogP contribution < -0.4 is 21.3 Å². The molecule has 4 amide bonds. The summed E-state index contributed by atoms with van der Waals surface area (Å²) in [5, 5.41) is 22.2. The molecule has 1 heterocycles. The number of nitrogens with one attached hydrogen (secondary N) is 4. The van der Waals surface area contributed by atoms with Crippen molar-refractivity contribution >= 4 is 42.3 Å². The van der Waals surface area contributed by atoms with Crippen LogP contribution in [-0.2, 0) is 25.7 Å². The van der Waals surface area contributed by atoms with E-state index in [0.717, 1.165) is 24.0 Å². The molecule has 2 aromatic rings. The fourth-order valence-electron chi connectivity index (χ4n) is 4.69. The molecule has 0 unspecified atom stereocenters. The van der Waals surface area contributed by atoms with Gasteiger partial charge in [0.25, 0.3) is 5.91 Å². The van der Waals surface area contributed by atoms with Crippen LogP contribution >= 0.6 is 12.6 Å². The maximum atomic E-state index is 13.5. The number of hydrogen-bond donors (Lipinski definition) is 6. The molecule has 2 aliphatic rings. The van der Waals surface area contributed by atoms with E-state index < -0.39 is 40.7 Å². The Hall–Kier alpha value is -3.63. The molecule has 1 aliphatic heterocycles. The minimum atomic E-state index is -2.31. The first-order valence-electron chi connectivity index (χ1n) is 13.6. The van der Waals surface area contributed by atoms with Crippen LogP contribution in [0.4, 0.5) is 0 Å². The van der Waals surface area contributed by atoms with Gasteiger partial charge in [-0.3, -0.25) is 19.2 Å². The van der Waals surface area contributed by atoms with Crippen molar-refractivity contribution in [1.82, 2.24) is 21.3 Å². The third-order valence-corrected chi connectivity index (χ3v) is 7.76. The van der Waals surface area contributed by atoms with Gasteiger partial charge in [0.1, 0.15) is 6.04 Å². The Labute approximate surface area is 239 Å². The summed E-state index contributed by atoms with van der Waals surface area (Å²) in [6, 6.07) is 16.4. The molecule has 0 bridgehead atoms. The Balaban J connectivity index is 1.46. The lowest BCUT2D eigenvalue weighted by Gasteiger charge is -2.33. The van der Waals surface area contributed by atoms with Crippen molar-refractivity contribution < 1.29 is 24.3 Å². The first-order valence-corrected chi connectivity index (χ1v) is 14.1. The highest BCUT2D eigenvalue weighted by Crippen LogP contribution is 2.34. The van der Waals surface area contributed by atoms with E-state index in [9.17, 15) is 24.3 Å². The monoisotopic (exact) mass is 564 g/mol. The molecule has 9 nitrogen and oxygen atoms in total. The number of rotatable bonds is 13. The van der Waals surface area contributed by atoms with Gasteiger partial charge in [0.05, 0.1) is 6.04 Å². The molecular weight excluding hydrogens is 528 g/mol. The summed E-state index contributed by atoms with van der Waals surface area (Å²) in [6.45, 7) is 0.630. The van der Waals surface area contributed by atoms with E-state index in [1.54, 1.807) is 6.08 Å². The zero-order valence-corrected chi connectivity index (χ0v) is 23.1. The maximum absolute atomic E-state index is 13.5. The molecule has 212 valence electrons. The summed E-state index contributed by atoms with van der Waals surface area (Å²) >= 11 is 4.29. The predicted octanol–water partition coefficient (Wildman–Crippen LogP) is 1.93. The maximum Gasteiger partial charge on any atom is 0.264 e. The zero-order chi connectivity index (χ0) is 28.5. The third-order valence-electron chi connectivity index (χ3n) is 7.24. The molecular formula is C30H36N4O5S. The lowest BCUT2D eigenvalue weighted by molar-refractivity contribution is -0.137. The Kier molecular flexibility index (Phi) is 10.0. The van der Waals surface area contributed by atoms with Crippen LogP contribution in [0.15, 0.2) is 66.7 Å². The highest BCUT2D eigenvalue weighted by atomic mass is 32.1. The first kappa shape index (κ1) is 29.4. The topological polar surface area (TPSA) is 137 Å². The van der Waals surface area contributed by atoms with E-state index in [1.807, 2.05) is 60.7 Å². The van der Waals surface area contributed by atoms with Crippen molar-refractivity contribution in [3.05, 3.63) is 77.9 Å². The van der Waals surface area contributed by atoms with Crippen LogP contribution in [0, 0.1) is 11.8 Å². The average Bonchev–Trinajstić information content (AvgIpc) is 3.69. The summed E-state index contributed by atoms with van der Waals surface area (Å²) in [7, 11) is 0.